The monoisotopic (exact) mass is 231 g/mol. The Morgan fingerprint density at radius 3 is 2.65 bits per heavy atom. The first-order valence-corrected chi connectivity index (χ1v) is 6.04. The lowest BCUT2D eigenvalue weighted by Gasteiger charge is -2.16. The number of terminal acetylenes is 1. The highest BCUT2D eigenvalue weighted by Crippen LogP contribution is 2.10. The molecule has 0 radical (unpaired) electrons. The zero-order chi connectivity index (χ0) is 12.5. The van der Waals surface area contributed by atoms with Crippen molar-refractivity contribution in [3.05, 3.63) is 35.4 Å². The number of ether oxygens (including phenoxy) is 1. The van der Waals surface area contributed by atoms with Gasteiger partial charge in [-0.05, 0) is 17.5 Å². The molecular formula is C15H21NO. The van der Waals surface area contributed by atoms with E-state index in [0.717, 1.165) is 19.4 Å². The first-order valence-electron chi connectivity index (χ1n) is 6.04. The van der Waals surface area contributed by atoms with Crippen molar-refractivity contribution in [3.8, 4) is 12.3 Å². The fourth-order valence-corrected chi connectivity index (χ4v) is 1.78. The molecule has 1 aromatic rings. The van der Waals surface area contributed by atoms with Crippen LogP contribution >= 0.6 is 0 Å². The van der Waals surface area contributed by atoms with Crippen LogP contribution in [0.4, 0.5) is 0 Å². The molecule has 1 unspecified atom stereocenters. The molecule has 0 bridgehead atoms. The van der Waals surface area contributed by atoms with Crippen molar-refractivity contribution in [1.29, 1.82) is 0 Å². The van der Waals surface area contributed by atoms with E-state index in [1.165, 1.54) is 11.1 Å². The van der Waals surface area contributed by atoms with Crippen molar-refractivity contribution in [2.45, 2.75) is 39.0 Å². The average molecular weight is 231 g/mol. The topological polar surface area (TPSA) is 21.3 Å². The molecule has 1 aromatic carbocycles. The van der Waals surface area contributed by atoms with Gasteiger partial charge in [0.05, 0.1) is 6.61 Å². The van der Waals surface area contributed by atoms with E-state index in [1.807, 2.05) is 6.07 Å². The molecule has 0 spiro atoms. The maximum atomic E-state index is 5.34. The summed E-state index contributed by atoms with van der Waals surface area (Å²) in [6, 6.07) is 8.72. The quantitative estimate of drug-likeness (QED) is 0.729. The van der Waals surface area contributed by atoms with Crippen LogP contribution in [-0.2, 0) is 17.9 Å². The Kier molecular flexibility index (Phi) is 6.39. The zero-order valence-electron chi connectivity index (χ0n) is 10.7. The predicted octanol–water partition coefficient (Wildman–Crippen LogP) is 2.72. The first-order chi connectivity index (χ1) is 8.31. The number of hydrogen-bond donors (Lipinski definition) is 1. The van der Waals surface area contributed by atoms with Gasteiger partial charge in [0.1, 0.15) is 0 Å². The van der Waals surface area contributed by atoms with Gasteiger partial charge in [-0.2, -0.15) is 0 Å². The van der Waals surface area contributed by atoms with E-state index in [4.69, 9.17) is 11.2 Å². The SMILES string of the molecule is C#CCC(CC)NCc1ccccc1COC. The Hall–Kier alpha value is -1.30. The molecular weight excluding hydrogens is 210 g/mol. The third kappa shape index (κ3) is 4.60. The normalized spacial score (nSPS) is 12.1. The van der Waals surface area contributed by atoms with E-state index in [2.05, 4.69) is 36.4 Å². The Morgan fingerprint density at radius 2 is 2.06 bits per heavy atom. The molecule has 0 amide bonds. The molecule has 0 aromatic heterocycles. The Balaban J connectivity index is 2.58. The minimum Gasteiger partial charge on any atom is -0.380 e. The number of nitrogens with one attached hydrogen (secondary N) is 1. The van der Waals surface area contributed by atoms with Crippen LogP contribution in [0.25, 0.3) is 0 Å². The van der Waals surface area contributed by atoms with Crippen LogP contribution in [0.2, 0.25) is 0 Å². The molecule has 92 valence electrons. The average Bonchev–Trinajstić information content (AvgIpc) is 2.36. The molecule has 0 fully saturated rings. The molecule has 2 nitrogen and oxygen atoms in total. The van der Waals surface area contributed by atoms with E-state index < -0.39 is 0 Å². The Morgan fingerprint density at radius 1 is 1.35 bits per heavy atom. The van der Waals surface area contributed by atoms with E-state index in [9.17, 15) is 0 Å². The molecule has 0 aliphatic carbocycles. The van der Waals surface area contributed by atoms with E-state index >= 15 is 0 Å². The molecule has 1 atom stereocenters. The highest BCUT2D eigenvalue weighted by molar-refractivity contribution is 5.26. The van der Waals surface area contributed by atoms with Gasteiger partial charge in [0, 0.05) is 26.1 Å². The van der Waals surface area contributed by atoms with Crippen molar-refractivity contribution >= 4 is 0 Å². The lowest BCUT2D eigenvalue weighted by molar-refractivity contribution is 0.184. The van der Waals surface area contributed by atoms with Gasteiger partial charge in [0.2, 0.25) is 0 Å². The smallest absolute Gasteiger partial charge is 0.0716 e. The molecule has 17 heavy (non-hydrogen) atoms. The number of methoxy groups -OCH3 is 1. The highest BCUT2D eigenvalue weighted by Gasteiger charge is 2.06. The molecule has 0 aliphatic rings. The van der Waals surface area contributed by atoms with Crippen LogP contribution in [0.5, 0.6) is 0 Å². The summed E-state index contributed by atoms with van der Waals surface area (Å²) < 4.78 is 5.19. The third-order valence-corrected chi connectivity index (χ3v) is 2.86. The van der Waals surface area contributed by atoms with Crippen LogP contribution in [-0.4, -0.2) is 13.2 Å². The van der Waals surface area contributed by atoms with Gasteiger partial charge in [0.25, 0.3) is 0 Å². The van der Waals surface area contributed by atoms with E-state index in [-0.39, 0.29) is 0 Å². The molecule has 0 saturated heterocycles. The van der Waals surface area contributed by atoms with Crippen LogP contribution in [0.15, 0.2) is 24.3 Å². The van der Waals surface area contributed by atoms with Gasteiger partial charge >= 0.3 is 0 Å². The number of benzene rings is 1. The van der Waals surface area contributed by atoms with Gasteiger partial charge < -0.3 is 10.1 Å². The standard InChI is InChI=1S/C15H21NO/c1-4-8-15(5-2)16-11-13-9-6-7-10-14(13)12-17-3/h1,6-7,9-10,15-16H,5,8,11-12H2,2-3H3. The van der Waals surface area contributed by atoms with Crippen LogP contribution in [0, 0.1) is 12.3 Å². The largest absolute Gasteiger partial charge is 0.380 e. The Bertz CT molecular complexity index is 367. The highest BCUT2D eigenvalue weighted by atomic mass is 16.5. The minimum atomic E-state index is 0.399. The summed E-state index contributed by atoms with van der Waals surface area (Å²) in [7, 11) is 1.72. The minimum absolute atomic E-state index is 0.399. The summed E-state index contributed by atoms with van der Waals surface area (Å²) in [5.41, 5.74) is 2.52. The summed E-state index contributed by atoms with van der Waals surface area (Å²) in [5, 5.41) is 3.49. The van der Waals surface area contributed by atoms with Gasteiger partial charge in [-0.1, -0.05) is 31.2 Å². The van der Waals surface area contributed by atoms with E-state index in [1.54, 1.807) is 7.11 Å². The molecule has 0 saturated carbocycles. The van der Waals surface area contributed by atoms with Gasteiger partial charge in [-0.25, -0.2) is 0 Å². The lowest BCUT2D eigenvalue weighted by atomic mass is 10.1. The fourth-order valence-electron chi connectivity index (χ4n) is 1.78. The maximum absolute atomic E-state index is 5.34. The number of rotatable bonds is 7. The molecule has 1 N–H and O–H groups in total. The number of hydrogen-bond acceptors (Lipinski definition) is 2. The van der Waals surface area contributed by atoms with Crippen molar-refractivity contribution < 1.29 is 4.74 Å². The maximum Gasteiger partial charge on any atom is 0.0716 e. The van der Waals surface area contributed by atoms with Crippen molar-refractivity contribution in [1.82, 2.24) is 5.32 Å². The van der Waals surface area contributed by atoms with Gasteiger partial charge in [-0.15, -0.1) is 12.3 Å². The fraction of sp³-hybridized carbons (Fsp3) is 0.467. The summed E-state index contributed by atoms with van der Waals surface area (Å²) in [5.74, 6) is 2.71. The van der Waals surface area contributed by atoms with Gasteiger partial charge in [-0.3, -0.25) is 0 Å². The summed E-state index contributed by atoms with van der Waals surface area (Å²) >= 11 is 0. The van der Waals surface area contributed by atoms with Crippen LogP contribution < -0.4 is 5.32 Å². The second-order valence-electron chi connectivity index (χ2n) is 4.10. The second-order valence-corrected chi connectivity index (χ2v) is 4.10. The predicted molar refractivity (Wildman–Crippen MR) is 71.5 cm³/mol. The molecule has 1 rings (SSSR count). The molecule has 2 heteroatoms. The van der Waals surface area contributed by atoms with Crippen LogP contribution in [0.3, 0.4) is 0 Å². The third-order valence-electron chi connectivity index (χ3n) is 2.86. The molecule has 0 heterocycles. The zero-order valence-corrected chi connectivity index (χ0v) is 10.7. The Labute approximate surface area is 104 Å². The first kappa shape index (κ1) is 13.8. The summed E-state index contributed by atoms with van der Waals surface area (Å²) in [6.45, 7) is 3.65. The van der Waals surface area contributed by atoms with Crippen LogP contribution in [0.1, 0.15) is 30.9 Å². The summed E-state index contributed by atoms with van der Waals surface area (Å²) in [4.78, 5) is 0. The molecule has 0 aliphatic heterocycles. The van der Waals surface area contributed by atoms with E-state index in [0.29, 0.717) is 12.6 Å². The lowest BCUT2D eigenvalue weighted by Crippen LogP contribution is -2.27. The second kappa shape index (κ2) is 7.89. The van der Waals surface area contributed by atoms with Gasteiger partial charge in [0.15, 0.2) is 0 Å². The van der Waals surface area contributed by atoms with Crippen molar-refractivity contribution in [3.63, 3.8) is 0 Å². The van der Waals surface area contributed by atoms with Crippen molar-refractivity contribution in [2.75, 3.05) is 7.11 Å². The summed E-state index contributed by atoms with van der Waals surface area (Å²) in [6.07, 6.45) is 7.17. The van der Waals surface area contributed by atoms with Crippen molar-refractivity contribution in [2.24, 2.45) is 0 Å².